The molecule has 0 spiro atoms. The van der Waals surface area contributed by atoms with Crippen molar-refractivity contribution in [2.24, 2.45) is 0 Å². The number of hydrogen-bond donors (Lipinski definition) is 0. The van der Waals surface area contributed by atoms with Crippen molar-refractivity contribution < 1.29 is 18.4 Å². The highest BCUT2D eigenvalue weighted by Gasteiger charge is 2.39. The first-order valence-electron chi connectivity index (χ1n) is 8.74. The summed E-state index contributed by atoms with van der Waals surface area (Å²) in [6.45, 7) is 5.05. The molecule has 2 saturated heterocycles. The summed E-state index contributed by atoms with van der Waals surface area (Å²) in [5.41, 5.74) is 0.279. The molecule has 0 bridgehead atoms. The minimum Gasteiger partial charge on any atom is -0.340 e. The van der Waals surface area contributed by atoms with E-state index >= 15 is 0 Å². The van der Waals surface area contributed by atoms with Crippen LogP contribution in [0.4, 0.5) is 8.78 Å². The molecular formula is C18H23F2N3O2S. The fourth-order valence-electron chi connectivity index (χ4n) is 3.27. The van der Waals surface area contributed by atoms with Crippen LogP contribution in [-0.4, -0.2) is 71.5 Å². The fourth-order valence-corrected chi connectivity index (χ4v) is 4.61. The molecule has 8 heteroatoms. The van der Waals surface area contributed by atoms with Crippen molar-refractivity contribution >= 4 is 23.6 Å². The highest BCUT2D eigenvalue weighted by molar-refractivity contribution is 8.01. The van der Waals surface area contributed by atoms with Gasteiger partial charge in [-0.25, -0.2) is 8.78 Å². The van der Waals surface area contributed by atoms with Gasteiger partial charge in [0.15, 0.2) is 0 Å². The Morgan fingerprint density at radius 3 is 2.58 bits per heavy atom. The first-order valence-corrected chi connectivity index (χ1v) is 9.68. The Bertz CT molecular complexity index is 695. The van der Waals surface area contributed by atoms with Gasteiger partial charge in [-0.2, -0.15) is 0 Å². The summed E-state index contributed by atoms with van der Waals surface area (Å²) in [6.07, 6.45) is 0.210. The third kappa shape index (κ3) is 4.01. The van der Waals surface area contributed by atoms with Crippen LogP contribution in [0.2, 0.25) is 0 Å². The van der Waals surface area contributed by atoms with Crippen molar-refractivity contribution in [3.8, 4) is 0 Å². The quantitative estimate of drug-likeness (QED) is 0.799. The molecule has 0 aromatic heterocycles. The first-order chi connectivity index (χ1) is 12.4. The Hall–Kier alpha value is -1.67. The summed E-state index contributed by atoms with van der Waals surface area (Å²) in [7, 11) is 2.02. The number of benzene rings is 1. The van der Waals surface area contributed by atoms with Gasteiger partial charge in [-0.1, -0.05) is 6.07 Å². The molecule has 2 amide bonds. The van der Waals surface area contributed by atoms with Gasteiger partial charge >= 0.3 is 0 Å². The van der Waals surface area contributed by atoms with Gasteiger partial charge in [0.25, 0.3) is 0 Å². The maximum Gasteiger partial charge on any atom is 0.236 e. The van der Waals surface area contributed by atoms with Crippen LogP contribution < -0.4 is 0 Å². The lowest BCUT2D eigenvalue weighted by atomic mass is 10.1. The average molecular weight is 383 g/mol. The predicted octanol–water partition coefficient (Wildman–Crippen LogP) is 2.09. The second-order valence-electron chi connectivity index (χ2n) is 6.76. The molecule has 1 aromatic rings. The lowest BCUT2D eigenvalue weighted by Gasteiger charge is -2.33. The number of halogens is 2. The van der Waals surface area contributed by atoms with Crippen LogP contribution in [0.25, 0.3) is 0 Å². The van der Waals surface area contributed by atoms with Gasteiger partial charge in [-0.15, -0.1) is 11.8 Å². The fraction of sp³-hybridized carbons (Fsp3) is 0.556. The second-order valence-corrected chi connectivity index (χ2v) is 8.19. The van der Waals surface area contributed by atoms with Crippen LogP contribution in [0.15, 0.2) is 18.2 Å². The molecule has 26 heavy (non-hydrogen) atoms. The van der Waals surface area contributed by atoms with Crippen molar-refractivity contribution in [1.82, 2.24) is 14.7 Å². The maximum absolute atomic E-state index is 14.2. The summed E-state index contributed by atoms with van der Waals surface area (Å²) in [4.78, 5) is 30.4. The van der Waals surface area contributed by atoms with E-state index in [0.717, 1.165) is 19.2 Å². The van der Waals surface area contributed by atoms with E-state index in [1.54, 1.807) is 11.8 Å². The third-order valence-corrected chi connectivity index (χ3v) is 6.27. The van der Waals surface area contributed by atoms with Crippen molar-refractivity contribution in [3.63, 3.8) is 0 Å². The second kappa shape index (κ2) is 7.92. The number of carbonyl (C=O) groups excluding carboxylic acids is 2. The minimum absolute atomic E-state index is 0.00813. The number of carbonyl (C=O) groups is 2. The molecule has 3 rings (SSSR count). The summed E-state index contributed by atoms with van der Waals surface area (Å²) in [5.74, 6) is -1.42. The molecule has 2 unspecified atom stereocenters. The Morgan fingerprint density at radius 1 is 1.23 bits per heavy atom. The van der Waals surface area contributed by atoms with Crippen molar-refractivity contribution in [2.45, 2.75) is 24.0 Å². The van der Waals surface area contributed by atoms with E-state index in [4.69, 9.17) is 0 Å². The van der Waals surface area contributed by atoms with E-state index in [0.29, 0.717) is 13.1 Å². The highest BCUT2D eigenvalue weighted by atomic mass is 32.2. The van der Waals surface area contributed by atoms with Crippen molar-refractivity contribution in [1.29, 1.82) is 0 Å². The molecule has 5 nitrogen and oxygen atoms in total. The lowest BCUT2D eigenvalue weighted by Crippen LogP contribution is -2.47. The van der Waals surface area contributed by atoms with E-state index in [-0.39, 0.29) is 35.6 Å². The molecule has 1 aromatic carbocycles. The van der Waals surface area contributed by atoms with Crippen LogP contribution in [0, 0.1) is 11.6 Å². The lowest BCUT2D eigenvalue weighted by molar-refractivity contribution is -0.134. The number of hydrogen-bond acceptors (Lipinski definition) is 4. The monoisotopic (exact) mass is 383 g/mol. The summed E-state index contributed by atoms with van der Waals surface area (Å²) < 4.78 is 27.4. The Kier molecular flexibility index (Phi) is 5.82. The van der Waals surface area contributed by atoms with E-state index in [1.807, 2.05) is 11.9 Å². The number of rotatable bonds is 4. The molecule has 2 aliphatic rings. The SMILES string of the molecule is CC1SC(c2ccc(F)cc2F)N(CCC(=O)N2CCN(C)CC2)C1=O. The highest BCUT2D eigenvalue weighted by Crippen LogP contribution is 2.43. The molecule has 142 valence electrons. The summed E-state index contributed by atoms with van der Waals surface area (Å²) in [6, 6.07) is 3.40. The number of piperazine rings is 1. The van der Waals surface area contributed by atoms with Crippen LogP contribution in [0.5, 0.6) is 0 Å². The summed E-state index contributed by atoms with van der Waals surface area (Å²) in [5, 5.41) is -0.846. The molecule has 2 aliphatic heterocycles. The Labute approximate surface area is 156 Å². The predicted molar refractivity (Wildman–Crippen MR) is 96.6 cm³/mol. The number of amides is 2. The van der Waals surface area contributed by atoms with Crippen LogP contribution >= 0.6 is 11.8 Å². The van der Waals surface area contributed by atoms with Gasteiger partial charge in [-0.05, 0) is 20.0 Å². The van der Waals surface area contributed by atoms with Crippen molar-refractivity contribution in [2.75, 3.05) is 39.8 Å². The van der Waals surface area contributed by atoms with E-state index in [2.05, 4.69) is 4.90 Å². The van der Waals surface area contributed by atoms with E-state index in [9.17, 15) is 18.4 Å². The smallest absolute Gasteiger partial charge is 0.236 e. The molecular weight excluding hydrogens is 360 g/mol. The summed E-state index contributed by atoms with van der Waals surface area (Å²) >= 11 is 1.32. The largest absolute Gasteiger partial charge is 0.340 e. The number of thioether (sulfide) groups is 1. The van der Waals surface area contributed by atoms with Gasteiger partial charge in [0.05, 0.1) is 5.25 Å². The molecule has 2 atom stereocenters. The molecule has 0 saturated carbocycles. The minimum atomic E-state index is -0.667. The van der Waals surface area contributed by atoms with Gasteiger partial charge in [0.1, 0.15) is 17.0 Å². The zero-order valence-corrected chi connectivity index (χ0v) is 15.8. The molecule has 2 fully saturated rings. The van der Waals surface area contributed by atoms with Gasteiger partial charge < -0.3 is 14.7 Å². The molecule has 2 heterocycles. The standard InChI is InChI=1S/C18H23F2N3O2S/c1-12-17(25)23(6-5-16(24)22-9-7-21(2)8-10-22)18(26-12)14-4-3-13(19)11-15(14)20/h3-4,11-12,18H,5-10H2,1-2H3. The van der Waals surface area contributed by atoms with Crippen LogP contribution in [0.1, 0.15) is 24.3 Å². The van der Waals surface area contributed by atoms with Gasteiger partial charge in [0.2, 0.25) is 11.8 Å². The topological polar surface area (TPSA) is 43.9 Å². The van der Waals surface area contributed by atoms with Crippen molar-refractivity contribution in [3.05, 3.63) is 35.4 Å². The van der Waals surface area contributed by atoms with Crippen LogP contribution in [-0.2, 0) is 9.59 Å². The zero-order valence-electron chi connectivity index (χ0n) is 15.0. The molecule has 0 aliphatic carbocycles. The number of nitrogens with zero attached hydrogens (tertiary/aromatic N) is 3. The molecule has 0 N–H and O–H groups in total. The Balaban J connectivity index is 1.68. The van der Waals surface area contributed by atoms with Gasteiger partial charge in [-0.3, -0.25) is 9.59 Å². The molecule has 0 radical (unpaired) electrons. The third-order valence-electron chi connectivity index (χ3n) is 4.90. The van der Waals surface area contributed by atoms with Crippen LogP contribution in [0.3, 0.4) is 0 Å². The average Bonchev–Trinajstić information content (AvgIpc) is 2.88. The van der Waals surface area contributed by atoms with E-state index < -0.39 is 17.0 Å². The zero-order chi connectivity index (χ0) is 18.8. The number of likely N-dealkylation sites (N-methyl/N-ethyl adjacent to an activating group) is 1. The van der Waals surface area contributed by atoms with Gasteiger partial charge in [0, 0.05) is 50.8 Å². The maximum atomic E-state index is 14.2. The van der Waals surface area contributed by atoms with E-state index in [1.165, 1.54) is 23.9 Å². The Morgan fingerprint density at radius 2 is 1.92 bits per heavy atom. The normalized spacial score (nSPS) is 24.4. The first kappa shape index (κ1) is 19.1.